The topological polar surface area (TPSA) is 0 Å². The summed E-state index contributed by atoms with van der Waals surface area (Å²) in [6.45, 7) is 2.15. The lowest BCUT2D eigenvalue weighted by atomic mass is 10.1. The molecular formula is C8H14Cl4. The van der Waals surface area contributed by atoms with Crippen LogP contribution in [0, 0.1) is 0 Å². The lowest BCUT2D eigenvalue weighted by Crippen LogP contribution is -2.11. The van der Waals surface area contributed by atoms with E-state index in [9.17, 15) is 0 Å². The van der Waals surface area contributed by atoms with E-state index in [1.54, 1.807) is 0 Å². The zero-order valence-corrected chi connectivity index (χ0v) is 10.1. The van der Waals surface area contributed by atoms with Gasteiger partial charge < -0.3 is 0 Å². The number of hydrogen-bond donors (Lipinski definition) is 0. The molecule has 0 aliphatic rings. The zero-order valence-electron chi connectivity index (χ0n) is 7.12. The van der Waals surface area contributed by atoms with E-state index in [1.165, 1.54) is 12.8 Å². The van der Waals surface area contributed by atoms with Crippen molar-refractivity contribution in [2.45, 2.75) is 48.2 Å². The Morgan fingerprint density at radius 2 is 1.75 bits per heavy atom. The van der Waals surface area contributed by atoms with Crippen LogP contribution in [0.25, 0.3) is 0 Å². The predicted octanol–water partition coefficient (Wildman–Crippen LogP) is 4.93. The van der Waals surface area contributed by atoms with E-state index in [2.05, 4.69) is 6.92 Å². The van der Waals surface area contributed by atoms with Crippen molar-refractivity contribution in [1.29, 1.82) is 0 Å². The lowest BCUT2D eigenvalue weighted by Gasteiger charge is -2.14. The highest BCUT2D eigenvalue weighted by molar-refractivity contribution is 6.67. The third-order valence-electron chi connectivity index (χ3n) is 1.57. The SMILES string of the molecule is CCCCCC(Cl)CC(Cl)(Cl)Cl. The van der Waals surface area contributed by atoms with Crippen LogP contribution in [0.3, 0.4) is 0 Å². The number of halogens is 4. The van der Waals surface area contributed by atoms with Gasteiger partial charge in [-0.25, -0.2) is 0 Å². The van der Waals surface area contributed by atoms with Crippen LogP contribution in [-0.2, 0) is 0 Å². The number of hydrogen-bond acceptors (Lipinski definition) is 0. The molecular weight excluding hydrogens is 238 g/mol. The quantitative estimate of drug-likeness (QED) is 0.480. The van der Waals surface area contributed by atoms with Gasteiger partial charge >= 0.3 is 0 Å². The number of unbranched alkanes of at least 4 members (excludes halogenated alkanes) is 2. The molecule has 0 aliphatic heterocycles. The van der Waals surface area contributed by atoms with Crippen LogP contribution in [0.15, 0.2) is 0 Å². The molecule has 0 nitrogen and oxygen atoms in total. The van der Waals surface area contributed by atoms with Crippen LogP contribution >= 0.6 is 46.4 Å². The van der Waals surface area contributed by atoms with Crippen LogP contribution in [0.4, 0.5) is 0 Å². The Labute approximate surface area is 94.5 Å². The largest absolute Gasteiger partial charge is 0.192 e. The van der Waals surface area contributed by atoms with Gasteiger partial charge in [0.25, 0.3) is 0 Å². The van der Waals surface area contributed by atoms with Crippen molar-refractivity contribution in [2.24, 2.45) is 0 Å². The number of rotatable bonds is 5. The summed E-state index contributed by atoms with van der Waals surface area (Å²) in [5, 5.41) is -0.0101. The van der Waals surface area contributed by atoms with Gasteiger partial charge in [0.1, 0.15) is 0 Å². The smallest absolute Gasteiger partial charge is 0.123 e. The molecule has 12 heavy (non-hydrogen) atoms. The van der Waals surface area contributed by atoms with Crippen LogP contribution in [0.1, 0.15) is 39.0 Å². The maximum atomic E-state index is 5.95. The van der Waals surface area contributed by atoms with Crippen LogP contribution in [0.5, 0.6) is 0 Å². The molecule has 0 amide bonds. The molecule has 0 rings (SSSR count). The van der Waals surface area contributed by atoms with E-state index in [1.807, 2.05) is 0 Å². The Kier molecular flexibility index (Phi) is 7.23. The molecule has 0 saturated carbocycles. The third kappa shape index (κ3) is 9.25. The van der Waals surface area contributed by atoms with E-state index in [0.717, 1.165) is 12.8 Å². The van der Waals surface area contributed by atoms with E-state index < -0.39 is 3.79 Å². The molecule has 4 heteroatoms. The first kappa shape index (κ1) is 13.2. The molecule has 0 fully saturated rings. The molecule has 0 aromatic heterocycles. The summed E-state index contributed by atoms with van der Waals surface area (Å²) in [6.07, 6.45) is 4.87. The average Bonchev–Trinajstić information content (AvgIpc) is 1.84. The third-order valence-corrected chi connectivity index (χ3v) is 2.41. The molecule has 1 atom stereocenters. The van der Waals surface area contributed by atoms with Crippen molar-refractivity contribution in [2.75, 3.05) is 0 Å². The summed E-state index contributed by atoms with van der Waals surface area (Å²) in [7, 11) is 0. The summed E-state index contributed by atoms with van der Waals surface area (Å²) in [4.78, 5) is 0. The Morgan fingerprint density at radius 1 is 1.17 bits per heavy atom. The molecule has 0 aliphatic carbocycles. The molecule has 0 N–H and O–H groups in total. The fraction of sp³-hybridized carbons (Fsp3) is 1.00. The molecule has 0 heterocycles. The fourth-order valence-corrected chi connectivity index (χ4v) is 2.15. The van der Waals surface area contributed by atoms with Crippen molar-refractivity contribution < 1.29 is 0 Å². The van der Waals surface area contributed by atoms with Gasteiger partial charge in [-0.15, -0.1) is 11.6 Å². The second kappa shape index (κ2) is 6.59. The van der Waals surface area contributed by atoms with Crippen LogP contribution in [0.2, 0.25) is 0 Å². The van der Waals surface area contributed by atoms with Crippen molar-refractivity contribution in [3.8, 4) is 0 Å². The summed E-state index contributed by atoms with van der Waals surface area (Å²) in [5.74, 6) is 0. The van der Waals surface area contributed by atoms with Crippen LogP contribution < -0.4 is 0 Å². The van der Waals surface area contributed by atoms with E-state index in [-0.39, 0.29) is 5.38 Å². The van der Waals surface area contributed by atoms with Crippen molar-refractivity contribution in [3.63, 3.8) is 0 Å². The summed E-state index contributed by atoms with van der Waals surface area (Å²) in [6, 6.07) is 0. The van der Waals surface area contributed by atoms with Gasteiger partial charge in [0, 0.05) is 11.8 Å². The predicted molar refractivity (Wildman–Crippen MR) is 58.7 cm³/mol. The summed E-state index contributed by atoms with van der Waals surface area (Å²) in [5.41, 5.74) is 0. The second-order valence-corrected chi connectivity index (χ2v) is 6.05. The molecule has 1 unspecified atom stereocenters. The summed E-state index contributed by atoms with van der Waals surface area (Å²) >= 11 is 22.7. The van der Waals surface area contributed by atoms with Gasteiger partial charge in [0.05, 0.1) is 0 Å². The Morgan fingerprint density at radius 3 is 2.17 bits per heavy atom. The minimum atomic E-state index is -1.20. The van der Waals surface area contributed by atoms with Crippen molar-refractivity contribution in [3.05, 3.63) is 0 Å². The average molecular weight is 252 g/mol. The first-order chi connectivity index (χ1) is 5.45. The van der Waals surface area contributed by atoms with Crippen molar-refractivity contribution >= 4 is 46.4 Å². The highest BCUT2D eigenvalue weighted by Crippen LogP contribution is 2.34. The minimum Gasteiger partial charge on any atom is -0.123 e. The molecule has 0 aromatic rings. The van der Waals surface area contributed by atoms with E-state index in [0.29, 0.717) is 6.42 Å². The Bertz CT molecular complexity index is 108. The summed E-state index contributed by atoms with van der Waals surface area (Å²) < 4.78 is -1.20. The van der Waals surface area contributed by atoms with Gasteiger partial charge in [0.15, 0.2) is 3.79 Å². The lowest BCUT2D eigenvalue weighted by molar-refractivity contribution is 0.619. The van der Waals surface area contributed by atoms with Crippen molar-refractivity contribution in [1.82, 2.24) is 0 Å². The molecule has 0 aromatic carbocycles. The first-order valence-corrected chi connectivity index (χ1v) is 5.73. The van der Waals surface area contributed by atoms with Gasteiger partial charge in [0.2, 0.25) is 0 Å². The number of alkyl halides is 4. The van der Waals surface area contributed by atoms with Crippen LogP contribution in [-0.4, -0.2) is 9.17 Å². The highest BCUT2D eigenvalue weighted by Gasteiger charge is 2.23. The molecule has 0 spiro atoms. The van der Waals surface area contributed by atoms with Gasteiger partial charge in [-0.05, 0) is 6.42 Å². The first-order valence-electron chi connectivity index (χ1n) is 4.16. The molecule has 0 saturated heterocycles. The standard InChI is InChI=1S/C8H14Cl4/c1-2-3-4-5-7(9)6-8(10,11)12/h7H,2-6H2,1H3. The zero-order chi connectivity index (χ0) is 9.61. The fourth-order valence-electron chi connectivity index (χ4n) is 0.969. The van der Waals surface area contributed by atoms with Gasteiger partial charge in [-0.1, -0.05) is 61.0 Å². The normalized spacial score (nSPS) is 14.8. The second-order valence-electron chi connectivity index (χ2n) is 2.91. The van der Waals surface area contributed by atoms with E-state index >= 15 is 0 Å². The van der Waals surface area contributed by atoms with Gasteiger partial charge in [-0.3, -0.25) is 0 Å². The molecule has 74 valence electrons. The maximum absolute atomic E-state index is 5.95. The maximum Gasteiger partial charge on any atom is 0.192 e. The Balaban J connectivity index is 3.40. The minimum absolute atomic E-state index is 0.0101. The monoisotopic (exact) mass is 250 g/mol. The highest BCUT2D eigenvalue weighted by atomic mass is 35.6. The van der Waals surface area contributed by atoms with E-state index in [4.69, 9.17) is 46.4 Å². The molecule has 0 radical (unpaired) electrons. The van der Waals surface area contributed by atoms with Gasteiger partial charge in [-0.2, -0.15) is 0 Å². The Hall–Kier alpha value is 1.16. The molecule has 0 bridgehead atoms.